The van der Waals surface area contributed by atoms with Crippen LogP contribution in [0.5, 0.6) is 0 Å². The first-order chi connectivity index (χ1) is 10.3. The van der Waals surface area contributed by atoms with E-state index in [9.17, 15) is 0 Å². The Hall–Kier alpha value is -0.380. The van der Waals surface area contributed by atoms with E-state index in [0.29, 0.717) is 12.6 Å². The van der Waals surface area contributed by atoms with Crippen LogP contribution in [0.1, 0.15) is 69.8 Å². The summed E-state index contributed by atoms with van der Waals surface area (Å²) in [5.74, 6) is 0. The number of aliphatic hydroxyl groups excluding tert-OH is 1. The highest BCUT2D eigenvalue weighted by molar-refractivity contribution is 8.93. The van der Waals surface area contributed by atoms with Gasteiger partial charge in [-0.15, -0.1) is 17.0 Å². The Morgan fingerprint density at radius 1 is 0.773 bits per heavy atom. The molecule has 1 aromatic carbocycles. The van der Waals surface area contributed by atoms with Crippen LogP contribution in [0.15, 0.2) is 30.3 Å². The zero-order chi connectivity index (χ0) is 15.2. The van der Waals surface area contributed by atoms with Gasteiger partial charge in [0.1, 0.15) is 0 Å². The van der Waals surface area contributed by atoms with Crippen LogP contribution in [0.25, 0.3) is 0 Å². The Balaban J connectivity index is 0.00000441. The van der Waals surface area contributed by atoms with Crippen molar-refractivity contribution in [2.24, 2.45) is 5.73 Å². The summed E-state index contributed by atoms with van der Waals surface area (Å²) in [6, 6.07) is 10.9. The third-order valence-corrected chi connectivity index (χ3v) is 4.07. The Morgan fingerprint density at radius 2 is 1.27 bits per heavy atom. The summed E-state index contributed by atoms with van der Waals surface area (Å²) in [5.41, 5.74) is 7.55. The fourth-order valence-corrected chi connectivity index (χ4v) is 2.77. The Labute approximate surface area is 147 Å². The van der Waals surface area contributed by atoms with Crippen molar-refractivity contribution >= 4 is 17.0 Å². The largest absolute Gasteiger partial charge is 0.396 e. The van der Waals surface area contributed by atoms with Gasteiger partial charge in [-0.2, -0.15) is 0 Å². The predicted molar refractivity (Wildman–Crippen MR) is 102 cm³/mol. The molecule has 3 heteroatoms. The molecule has 0 fully saturated rings. The highest BCUT2D eigenvalue weighted by atomic mass is 79.9. The van der Waals surface area contributed by atoms with Crippen molar-refractivity contribution in [1.29, 1.82) is 0 Å². The maximum atomic E-state index is 8.69. The normalized spacial score (nSPS) is 11.9. The van der Waals surface area contributed by atoms with Crippen LogP contribution in [0.4, 0.5) is 0 Å². The molecule has 0 heterocycles. The van der Waals surface area contributed by atoms with E-state index in [2.05, 4.69) is 30.3 Å². The Kier molecular flexibility index (Phi) is 15.2. The predicted octanol–water partition coefficient (Wildman–Crippen LogP) is 5.03. The van der Waals surface area contributed by atoms with Crippen molar-refractivity contribution in [2.45, 2.75) is 76.7 Å². The molecule has 0 aliphatic carbocycles. The third kappa shape index (κ3) is 12.2. The molecule has 1 rings (SSSR count). The maximum Gasteiger partial charge on any atom is 0.0431 e. The minimum atomic E-state index is 0. The lowest BCUT2D eigenvalue weighted by molar-refractivity contribution is 0.282. The minimum Gasteiger partial charge on any atom is -0.396 e. The molecule has 0 radical (unpaired) electrons. The summed E-state index contributed by atoms with van der Waals surface area (Å²) in [5, 5.41) is 8.69. The zero-order valence-electron chi connectivity index (χ0n) is 13.9. The van der Waals surface area contributed by atoms with Gasteiger partial charge in [0.15, 0.2) is 0 Å². The van der Waals surface area contributed by atoms with E-state index in [1.165, 1.54) is 56.9 Å². The Morgan fingerprint density at radius 3 is 1.82 bits per heavy atom. The molecular formula is C19H34BrNO. The first-order valence-electron chi connectivity index (χ1n) is 8.73. The van der Waals surface area contributed by atoms with Gasteiger partial charge in [0.25, 0.3) is 0 Å². The number of benzene rings is 1. The second-order valence-corrected chi connectivity index (χ2v) is 6.14. The quantitative estimate of drug-likeness (QED) is 0.477. The van der Waals surface area contributed by atoms with Gasteiger partial charge >= 0.3 is 0 Å². The lowest BCUT2D eigenvalue weighted by Crippen LogP contribution is -2.22. The van der Waals surface area contributed by atoms with Crippen LogP contribution in [0.3, 0.4) is 0 Å². The molecule has 0 aliphatic rings. The van der Waals surface area contributed by atoms with Crippen LogP contribution in [0.2, 0.25) is 0 Å². The van der Waals surface area contributed by atoms with Crippen molar-refractivity contribution in [3.8, 4) is 0 Å². The summed E-state index contributed by atoms with van der Waals surface area (Å²) in [6.07, 6.45) is 13.5. The van der Waals surface area contributed by atoms with E-state index >= 15 is 0 Å². The molecule has 0 saturated carbocycles. The first kappa shape index (κ1) is 21.6. The molecule has 1 atom stereocenters. The number of unbranched alkanes of at least 4 members (excludes halogenated alkanes) is 8. The lowest BCUT2D eigenvalue weighted by Gasteiger charge is -2.11. The summed E-state index contributed by atoms with van der Waals surface area (Å²) in [4.78, 5) is 0. The fourth-order valence-electron chi connectivity index (χ4n) is 2.77. The van der Waals surface area contributed by atoms with E-state index in [1.54, 1.807) is 0 Å². The summed E-state index contributed by atoms with van der Waals surface area (Å²) < 4.78 is 0. The number of nitrogens with two attached hydrogens (primary N) is 1. The lowest BCUT2D eigenvalue weighted by atomic mass is 10.00. The van der Waals surface area contributed by atoms with Gasteiger partial charge in [0.2, 0.25) is 0 Å². The molecule has 2 nitrogen and oxygen atoms in total. The second kappa shape index (κ2) is 15.5. The van der Waals surface area contributed by atoms with Gasteiger partial charge in [0.05, 0.1) is 0 Å². The number of aliphatic hydroxyl groups is 1. The topological polar surface area (TPSA) is 46.2 Å². The molecule has 0 amide bonds. The minimum absolute atomic E-state index is 0. The highest BCUT2D eigenvalue weighted by Crippen LogP contribution is 2.12. The summed E-state index contributed by atoms with van der Waals surface area (Å²) in [6.45, 7) is 0.350. The number of halogens is 1. The second-order valence-electron chi connectivity index (χ2n) is 6.14. The SMILES string of the molecule is Br.NC(CCCCCCCCCCCO)Cc1ccccc1. The number of hydrogen-bond donors (Lipinski definition) is 2. The van der Waals surface area contributed by atoms with E-state index in [-0.39, 0.29) is 17.0 Å². The smallest absolute Gasteiger partial charge is 0.0431 e. The summed E-state index contributed by atoms with van der Waals surface area (Å²) >= 11 is 0. The molecule has 0 aliphatic heterocycles. The fraction of sp³-hybridized carbons (Fsp3) is 0.684. The van der Waals surface area contributed by atoms with E-state index in [0.717, 1.165) is 19.3 Å². The van der Waals surface area contributed by atoms with Gasteiger partial charge in [0, 0.05) is 12.6 Å². The maximum absolute atomic E-state index is 8.69. The number of rotatable bonds is 13. The molecule has 128 valence electrons. The van der Waals surface area contributed by atoms with Crippen molar-refractivity contribution in [3.05, 3.63) is 35.9 Å². The average Bonchev–Trinajstić information content (AvgIpc) is 2.50. The number of hydrogen-bond acceptors (Lipinski definition) is 2. The van der Waals surface area contributed by atoms with E-state index in [1.807, 2.05) is 0 Å². The van der Waals surface area contributed by atoms with Crippen LogP contribution in [0, 0.1) is 0 Å². The van der Waals surface area contributed by atoms with Gasteiger partial charge < -0.3 is 10.8 Å². The average molecular weight is 372 g/mol. The molecular weight excluding hydrogens is 338 g/mol. The first-order valence-corrected chi connectivity index (χ1v) is 8.73. The van der Waals surface area contributed by atoms with Crippen LogP contribution < -0.4 is 5.73 Å². The van der Waals surface area contributed by atoms with Crippen molar-refractivity contribution < 1.29 is 5.11 Å². The third-order valence-electron chi connectivity index (χ3n) is 4.07. The van der Waals surface area contributed by atoms with Crippen molar-refractivity contribution in [2.75, 3.05) is 6.61 Å². The van der Waals surface area contributed by atoms with E-state index < -0.39 is 0 Å². The van der Waals surface area contributed by atoms with Crippen LogP contribution >= 0.6 is 17.0 Å². The van der Waals surface area contributed by atoms with E-state index in [4.69, 9.17) is 10.8 Å². The molecule has 0 saturated heterocycles. The monoisotopic (exact) mass is 371 g/mol. The molecule has 0 aromatic heterocycles. The van der Waals surface area contributed by atoms with Gasteiger partial charge in [-0.05, 0) is 24.8 Å². The molecule has 0 bridgehead atoms. The van der Waals surface area contributed by atoms with Gasteiger partial charge in [-0.25, -0.2) is 0 Å². The molecule has 22 heavy (non-hydrogen) atoms. The van der Waals surface area contributed by atoms with Crippen molar-refractivity contribution in [1.82, 2.24) is 0 Å². The molecule has 1 aromatic rings. The molecule has 1 unspecified atom stereocenters. The van der Waals surface area contributed by atoms with Crippen LogP contribution in [-0.4, -0.2) is 17.8 Å². The molecule has 3 N–H and O–H groups in total. The standard InChI is InChI=1S/C19H33NO.BrH/c20-19(17-18-13-9-8-10-14-18)15-11-6-4-2-1-3-5-7-12-16-21;/h8-10,13-14,19,21H,1-7,11-12,15-17,20H2;1H. The highest BCUT2D eigenvalue weighted by Gasteiger charge is 2.03. The van der Waals surface area contributed by atoms with Gasteiger partial charge in [-0.1, -0.05) is 81.7 Å². The van der Waals surface area contributed by atoms with Crippen molar-refractivity contribution in [3.63, 3.8) is 0 Å². The zero-order valence-corrected chi connectivity index (χ0v) is 15.6. The van der Waals surface area contributed by atoms with Crippen LogP contribution in [-0.2, 0) is 6.42 Å². The summed E-state index contributed by atoms with van der Waals surface area (Å²) in [7, 11) is 0. The Bertz CT molecular complexity index is 331. The van der Waals surface area contributed by atoms with Gasteiger partial charge in [-0.3, -0.25) is 0 Å². The molecule has 0 spiro atoms.